The summed E-state index contributed by atoms with van der Waals surface area (Å²) in [6.07, 6.45) is 1.20. The van der Waals surface area contributed by atoms with Gasteiger partial charge in [-0.15, -0.1) is 0 Å². The number of aliphatic carboxylic acids is 1. The Kier molecular flexibility index (Phi) is 6.57. The highest BCUT2D eigenvalue weighted by molar-refractivity contribution is 5.69. The first-order valence-electron chi connectivity index (χ1n) is 5.75. The summed E-state index contributed by atoms with van der Waals surface area (Å²) in [6, 6.07) is 0. The number of carboxylic acids is 1. The van der Waals surface area contributed by atoms with Gasteiger partial charge < -0.3 is 19.3 Å². The maximum Gasteiger partial charge on any atom is 0.305 e. The Morgan fingerprint density at radius 3 is 2.65 bits per heavy atom. The molecule has 0 aromatic rings. The van der Waals surface area contributed by atoms with E-state index in [0.29, 0.717) is 32.7 Å². The van der Waals surface area contributed by atoms with Gasteiger partial charge in [0.05, 0.1) is 19.8 Å². The molecule has 1 unspecified atom stereocenters. The van der Waals surface area contributed by atoms with Gasteiger partial charge in [0.15, 0.2) is 0 Å². The van der Waals surface area contributed by atoms with Crippen molar-refractivity contribution >= 4 is 11.9 Å². The van der Waals surface area contributed by atoms with Gasteiger partial charge in [0, 0.05) is 12.8 Å². The van der Waals surface area contributed by atoms with Crippen LogP contribution in [0.1, 0.15) is 25.7 Å². The topological polar surface area (TPSA) is 82.1 Å². The molecule has 1 fully saturated rings. The van der Waals surface area contributed by atoms with Gasteiger partial charge in [-0.25, -0.2) is 0 Å². The maximum absolute atomic E-state index is 11.3. The molecular weight excluding hydrogens is 228 g/mol. The normalized spacial score (nSPS) is 19.9. The van der Waals surface area contributed by atoms with E-state index in [1.807, 2.05) is 0 Å². The predicted octanol–water partition coefficient (Wildman–Crippen LogP) is 0.590. The smallest absolute Gasteiger partial charge is 0.305 e. The van der Waals surface area contributed by atoms with E-state index in [-0.39, 0.29) is 31.5 Å². The standard InChI is InChI=1S/C11H18O6/c12-10(13)3-1-2-4-11(14)17-8-9-7-15-5-6-16-9/h9H,1-8H2,(H,12,13). The van der Waals surface area contributed by atoms with Crippen LogP contribution in [-0.2, 0) is 23.8 Å². The Morgan fingerprint density at radius 1 is 1.24 bits per heavy atom. The summed E-state index contributed by atoms with van der Waals surface area (Å²) in [5.41, 5.74) is 0. The van der Waals surface area contributed by atoms with E-state index in [4.69, 9.17) is 19.3 Å². The van der Waals surface area contributed by atoms with Crippen LogP contribution in [0.5, 0.6) is 0 Å². The lowest BCUT2D eigenvalue weighted by atomic mass is 10.2. The van der Waals surface area contributed by atoms with Gasteiger partial charge >= 0.3 is 11.9 Å². The number of carboxylic acid groups (broad SMARTS) is 1. The van der Waals surface area contributed by atoms with Crippen molar-refractivity contribution < 1.29 is 28.9 Å². The lowest BCUT2D eigenvalue weighted by Gasteiger charge is -2.22. The molecule has 1 aliphatic heterocycles. The summed E-state index contributed by atoms with van der Waals surface area (Å²) >= 11 is 0. The Morgan fingerprint density at radius 2 is 2.00 bits per heavy atom. The van der Waals surface area contributed by atoms with Crippen molar-refractivity contribution in [2.24, 2.45) is 0 Å². The van der Waals surface area contributed by atoms with Gasteiger partial charge in [0.2, 0.25) is 0 Å². The number of unbranched alkanes of at least 4 members (excludes halogenated alkanes) is 1. The summed E-state index contributed by atoms with van der Waals surface area (Å²) in [6.45, 7) is 1.77. The molecule has 0 aliphatic carbocycles. The summed E-state index contributed by atoms with van der Waals surface area (Å²) in [7, 11) is 0. The zero-order valence-corrected chi connectivity index (χ0v) is 9.72. The van der Waals surface area contributed by atoms with E-state index in [2.05, 4.69) is 0 Å². The SMILES string of the molecule is O=C(O)CCCCC(=O)OCC1COCCO1. The molecule has 6 heteroatoms. The van der Waals surface area contributed by atoms with Crippen LogP contribution in [-0.4, -0.2) is 49.6 Å². The molecule has 98 valence electrons. The minimum absolute atomic E-state index is 0.0901. The van der Waals surface area contributed by atoms with E-state index in [1.165, 1.54) is 0 Å². The first kappa shape index (κ1) is 13.9. The predicted molar refractivity (Wildman–Crippen MR) is 57.6 cm³/mol. The highest BCUT2D eigenvalue weighted by Crippen LogP contribution is 2.04. The first-order valence-corrected chi connectivity index (χ1v) is 5.75. The third-order valence-electron chi connectivity index (χ3n) is 2.34. The molecule has 0 amide bonds. The highest BCUT2D eigenvalue weighted by atomic mass is 16.6. The van der Waals surface area contributed by atoms with Gasteiger partial charge in [-0.05, 0) is 12.8 Å². The Hall–Kier alpha value is -1.14. The number of carbonyl (C=O) groups is 2. The van der Waals surface area contributed by atoms with Gasteiger partial charge in [0.1, 0.15) is 12.7 Å². The third-order valence-corrected chi connectivity index (χ3v) is 2.34. The Labute approximate surface area is 99.8 Å². The number of hydrogen-bond acceptors (Lipinski definition) is 5. The molecular formula is C11H18O6. The van der Waals surface area contributed by atoms with Crippen molar-refractivity contribution in [1.29, 1.82) is 0 Å². The van der Waals surface area contributed by atoms with E-state index in [0.717, 1.165) is 0 Å². The minimum atomic E-state index is -0.842. The largest absolute Gasteiger partial charge is 0.481 e. The van der Waals surface area contributed by atoms with E-state index in [9.17, 15) is 9.59 Å². The van der Waals surface area contributed by atoms with Crippen molar-refractivity contribution in [3.8, 4) is 0 Å². The monoisotopic (exact) mass is 246 g/mol. The molecule has 0 spiro atoms. The number of ether oxygens (including phenoxy) is 3. The van der Waals surface area contributed by atoms with Crippen molar-refractivity contribution in [3.05, 3.63) is 0 Å². The number of esters is 1. The molecule has 0 saturated carbocycles. The van der Waals surface area contributed by atoms with Crippen molar-refractivity contribution in [2.75, 3.05) is 26.4 Å². The number of carbonyl (C=O) groups excluding carboxylic acids is 1. The molecule has 1 saturated heterocycles. The average Bonchev–Trinajstić information content (AvgIpc) is 2.33. The molecule has 1 aliphatic rings. The molecule has 0 bridgehead atoms. The van der Waals surface area contributed by atoms with Gasteiger partial charge in [-0.1, -0.05) is 0 Å². The molecule has 1 heterocycles. The molecule has 1 rings (SSSR count). The Bertz CT molecular complexity index is 246. The van der Waals surface area contributed by atoms with E-state index < -0.39 is 5.97 Å². The van der Waals surface area contributed by atoms with E-state index in [1.54, 1.807) is 0 Å². The van der Waals surface area contributed by atoms with Crippen molar-refractivity contribution in [1.82, 2.24) is 0 Å². The fraction of sp³-hybridized carbons (Fsp3) is 0.818. The van der Waals surface area contributed by atoms with E-state index >= 15 is 0 Å². The Balaban J connectivity index is 1.98. The van der Waals surface area contributed by atoms with Crippen LogP contribution in [0.15, 0.2) is 0 Å². The van der Waals surface area contributed by atoms with Crippen LogP contribution in [0.2, 0.25) is 0 Å². The second-order valence-electron chi connectivity index (χ2n) is 3.85. The van der Waals surface area contributed by atoms with Gasteiger partial charge in [0.25, 0.3) is 0 Å². The fourth-order valence-corrected chi connectivity index (χ4v) is 1.44. The lowest BCUT2D eigenvalue weighted by Crippen LogP contribution is -2.33. The molecule has 0 radical (unpaired) electrons. The second-order valence-corrected chi connectivity index (χ2v) is 3.85. The summed E-state index contributed by atoms with van der Waals surface area (Å²) < 4.78 is 15.5. The highest BCUT2D eigenvalue weighted by Gasteiger charge is 2.16. The summed E-state index contributed by atoms with van der Waals surface area (Å²) in [5, 5.41) is 8.41. The van der Waals surface area contributed by atoms with Gasteiger partial charge in [-0.2, -0.15) is 0 Å². The van der Waals surface area contributed by atoms with Gasteiger partial charge in [-0.3, -0.25) is 9.59 Å². The molecule has 6 nitrogen and oxygen atoms in total. The molecule has 17 heavy (non-hydrogen) atoms. The third kappa shape index (κ3) is 6.91. The van der Waals surface area contributed by atoms with Crippen molar-refractivity contribution in [3.63, 3.8) is 0 Å². The zero-order valence-electron chi connectivity index (χ0n) is 9.72. The van der Waals surface area contributed by atoms with Crippen molar-refractivity contribution in [2.45, 2.75) is 31.8 Å². The fourth-order valence-electron chi connectivity index (χ4n) is 1.44. The van der Waals surface area contributed by atoms with Crippen LogP contribution in [0.25, 0.3) is 0 Å². The zero-order chi connectivity index (χ0) is 12.5. The quantitative estimate of drug-likeness (QED) is 0.523. The average molecular weight is 246 g/mol. The maximum atomic E-state index is 11.3. The minimum Gasteiger partial charge on any atom is -0.481 e. The summed E-state index contributed by atoms with van der Waals surface area (Å²) in [5.74, 6) is -1.16. The van der Waals surface area contributed by atoms with Crippen LogP contribution in [0.4, 0.5) is 0 Å². The number of rotatable bonds is 7. The van der Waals surface area contributed by atoms with Crippen LogP contribution < -0.4 is 0 Å². The molecule has 0 aromatic carbocycles. The first-order chi connectivity index (χ1) is 8.18. The van der Waals surface area contributed by atoms with Crippen LogP contribution in [0.3, 0.4) is 0 Å². The molecule has 0 aromatic heterocycles. The lowest BCUT2D eigenvalue weighted by molar-refractivity contribution is -0.156. The van der Waals surface area contributed by atoms with Crippen LogP contribution in [0, 0.1) is 0 Å². The number of hydrogen-bond donors (Lipinski definition) is 1. The summed E-state index contributed by atoms with van der Waals surface area (Å²) in [4.78, 5) is 21.5. The molecule has 1 atom stereocenters. The second kappa shape index (κ2) is 8.03. The molecule has 1 N–H and O–H groups in total. The van der Waals surface area contributed by atoms with Crippen LogP contribution >= 0.6 is 0 Å².